The van der Waals surface area contributed by atoms with E-state index in [1.807, 2.05) is 42.5 Å². The molecule has 0 radical (unpaired) electrons. The summed E-state index contributed by atoms with van der Waals surface area (Å²) < 4.78 is 0. The number of H-pyrrole nitrogens is 3. The lowest BCUT2D eigenvalue weighted by Gasteiger charge is -2.20. The molecule has 0 saturated heterocycles. The van der Waals surface area contributed by atoms with E-state index in [1.54, 1.807) is 0 Å². The van der Waals surface area contributed by atoms with Gasteiger partial charge in [-0.05, 0) is 159 Å². The Labute approximate surface area is 385 Å². The van der Waals surface area contributed by atoms with Crippen molar-refractivity contribution in [2.45, 2.75) is 90.0 Å². The Morgan fingerprint density at radius 2 is 0.831 bits per heavy atom. The molecule has 0 spiro atoms. The summed E-state index contributed by atoms with van der Waals surface area (Å²) >= 11 is 0. The Bertz CT molecular complexity index is 3150. The zero-order valence-electron chi connectivity index (χ0n) is 35.4. The van der Waals surface area contributed by atoms with Crippen molar-refractivity contribution < 1.29 is 0 Å². The van der Waals surface area contributed by atoms with Crippen LogP contribution in [0.5, 0.6) is 0 Å². The van der Waals surface area contributed by atoms with Gasteiger partial charge in [0.1, 0.15) is 0 Å². The fraction of sp³-hybridized carbons (Fsp3) is 0.232. The predicted octanol–water partition coefficient (Wildman–Crippen LogP) is 16.0. The molecule has 0 atom stereocenters. The average molecular weight is 866 g/mol. The van der Waals surface area contributed by atoms with Gasteiger partial charge in [0.2, 0.25) is 0 Å². The van der Waals surface area contributed by atoms with Gasteiger partial charge in [-0.1, -0.05) is 109 Å². The van der Waals surface area contributed by atoms with Crippen LogP contribution >= 0.6 is 0 Å². The van der Waals surface area contributed by atoms with Gasteiger partial charge in [-0.25, -0.2) is 0 Å². The second kappa shape index (κ2) is 21.3. The van der Waals surface area contributed by atoms with Crippen LogP contribution in [-0.4, -0.2) is 30.6 Å². The highest BCUT2D eigenvalue weighted by Crippen LogP contribution is 2.34. The molecule has 0 saturated carbocycles. The molecule has 0 amide bonds. The summed E-state index contributed by atoms with van der Waals surface area (Å²) in [6, 6.07) is 46.2. The minimum absolute atomic E-state index is 0. The fourth-order valence-corrected chi connectivity index (χ4v) is 8.43. The van der Waals surface area contributed by atoms with Gasteiger partial charge in [0.25, 0.3) is 0 Å². The summed E-state index contributed by atoms with van der Waals surface area (Å²) in [5.41, 5.74) is 15.9. The lowest BCUT2D eigenvalue weighted by Crippen LogP contribution is -2.07. The van der Waals surface area contributed by atoms with E-state index in [9.17, 15) is 0 Å². The highest BCUT2D eigenvalue weighted by Gasteiger charge is 2.16. The molecule has 336 valence electrons. The Balaban J connectivity index is 0.000000178. The molecule has 11 rings (SSSR count). The van der Waals surface area contributed by atoms with E-state index < -0.39 is 0 Å². The SMILES string of the molecule is C.C.C.C.Cc1cc(C)c(C)c(Nc2n[nH]c3ccccc23)c1.Cc1cc(Nc2n[nH]c3ccccc23)c2ccccc2c1.Cc1cc2c(c(Nc3n[nH]c4ccccc34)c1)CCCC2. The van der Waals surface area contributed by atoms with E-state index in [-0.39, 0.29) is 29.7 Å². The van der Waals surface area contributed by atoms with E-state index in [4.69, 9.17) is 0 Å². The van der Waals surface area contributed by atoms with Gasteiger partial charge in [-0.2, -0.15) is 15.3 Å². The van der Waals surface area contributed by atoms with Gasteiger partial charge in [0.05, 0.1) is 16.6 Å². The number of rotatable bonds is 6. The number of hydrogen-bond acceptors (Lipinski definition) is 6. The van der Waals surface area contributed by atoms with Crippen LogP contribution < -0.4 is 16.0 Å². The van der Waals surface area contributed by atoms with Gasteiger partial charge in [-0.3, -0.25) is 15.3 Å². The molecule has 7 aromatic carbocycles. The van der Waals surface area contributed by atoms with Crippen LogP contribution in [0.3, 0.4) is 0 Å². The highest BCUT2D eigenvalue weighted by molar-refractivity contribution is 5.99. The number of fused-ring (bicyclic) bond motifs is 5. The maximum absolute atomic E-state index is 4.43. The Morgan fingerprint density at radius 3 is 1.40 bits per heavy atom. The number of nitrogens with zero attached hydrogens (tertiary/aromatic N) is 3. The van der Waals surface area contributed by atoms with Gasteiger partial charge < -0.3 is 16.0 Å². The van der Waals surface area contributed by atoms with Crippen molar-refractivity contribution in [1.82, 2.24) is 30.6 Å². The van der Waals surface area contributed by atoms with E-state index in [2.05, 4.69) is 172 Å². The van der Waals surface area contributed by atoms with Crippen molar-refractivity contribution in [3.05, 3.63) is 172 Å². The lowest BCUT2D eigenvalue weighted by molar-refractivity contribution is 0.686. The largest absolute Gasteiger partial charge is 0.338 e. The number of hydrogen-bond donors (Lipinski definition) is 6. The van der Waals surface area contributed by atoms with E-state index in [0.29, 0.717) is 0 Å². The molecular formula is C56H67N9. The summed E-state index contributed by atoms with van der Waals surface area (Å²) in [7, 11) is 0. The van der Waals surface area contributed by atoms with Crippen LogP contribution in [0.4, 0.5) is 34.5 Å². The van der Waals surface area contributed by atoms with Crippen LogP contribution in [0.15, 0.2) is 133 Å². The summed E-state index contributed by atoms with van der Waals surface area (Å²) in [6.45, 7) is 10.7. The molecule has 0 fully saturated rings. The monoisotopic (exact) mass is 866 g/mol. The third-order valence-corrected chi connectivity index (χ3v) is 11.6. The maximum atomic E-state index is 4.43. The zero-order valence-corrected chi connectivity index (χ0v) is 35.4. The maximum Gasteiger partial charge on any atom is 0.160 e. The Morgan fingerprint density at radius 1 is 0.415 bits per heavy atom. The van der Waals surface area contributed by atoms with Crippen LogP contribution in [0.1, 0.15) is 81.5 Å². The number of benzene rings is 7. The molecule has 0 unspecified atom stereocenters. The number of para-hydroxylation sites is 3. The van der Waals surface area contributed by atoms with Crippen LogP contribution in [-0.2, 0) is 12.8 Å². The van der Waals surface area contributed by atoms with E-state index in [1.165, 1.54) is 81.1 Å². The van der Waals surface area contributed by atoms with Crippen molar-refractivity contribution in [2.75, 3.05) is 16.0 Å². The summed E-state index contributed by atoms with van der Waals surface area (Å²) in [5, 5.41) is 38.6. The Kier molecular flexibility index (Phi) is 16.0. The minimum atomic E-state index is 0. The van der Waals surface area contributed by atoms with Crippen molar-refractivity contribution in [1.29, 1.82) is 0 Å². The predicted molar refractivity (Wildman–Crippen MR) is 282 cm³/mol. The average Bonchev–Trinajstić information content (AvgIpc) is 4.00. The molecule has 0 bridgehead atoms. The van der Waals surface area contributed by atoms with Gasteiger partial charge in [0, 0.05) is 38.6 Å². The second-order valence-electron chi connectivity index (χ2n) is 16.2. The van der Waals surface area contributed by atoms with Crippen molar-refractivity contribution >= 4 is 78.0 Å². The first-order valence-electron chi connectivity index (χ1n) is 21.1. The molecule has 1 aliphatic rings. The van der Waals surface area contributed by atoms with Crippen LogP contribution in [0.25, 0.3) is 43.5 Å². The minimum Gasteiger partial charge on any atom is -0.338 e. The summed E-state index contributed by atoms with van der Waals surface area (Å²) in [5.74, 6) is 2.66. The van der Waals surface area contributed by atoms with Gasteiger partial charge in [-0.15, -0.1) is 0 Å². The standard InChI is InChI=1S/C18H19N3.C18H15N3.C16H17N3.4CH4/c2*1-12-10-13-6-2-3-7-14(13)17(11-12)19-18-15-8-4-5-9-16(15)20-21-18;1-10-8-11(2)12(3)15(9-10)17-16-13-6-4-5-7-14(13)18-19-16;;;;/h4-5,8-11H,2-3,6-7H2,1H3,(H2,19,20,21);2-11H,1H3,(H2,19,20,21);4-9H,1-3H3,(H2,17,18,19);4*1H4. The zero-order chi connectivity index (χ0) is 41.9. The molecule has 3 heterocycles. The first-order chi connectivity index (χ1) is 29.8. The molecular weight excluding hydrogens is 799 g/mol. The first-order valence-corrected chi connectivity index (χ1v) is 21.1. The summed E-state index contributed by atoms with van der Waals surface area (Å²) in [4.78, 5) is 0. The van der Waals surface area contributed by atoms with Crippen molar-refractivity contribution in [3.63, 3.8) is 0 Å². The van der Waals surface area contributed by atoms with Crippen LogP contribution in [0, 0.1) is 34.6 Å². The number of aryl methyl sites for hydroxylation is 5. The molecule has 3 aromatic heterocycles. The third kappa shape index (κ3) is 10.5. The topological polar surface area (TPSA) is 122 Å². The number of aromatic nitrogens is 6. The molecule has 0 aliphatic heterocycles. The first kappa shape index (κ1) is 48.6. The number of anilines is 6. The molecule has 6 N–H and O–H groups in total. The smallest absolute Gasteiger partial charge is 0.160 e. The van der Waals surface area contributed by atoms with Gasteiger partial charge >= 0.3 is 0 Å². The summed E-state index contributed by atoms with van der Waals surface area (Å²) in [6.07, 6.45) is 4.96. The Hall–Kier alpha value is -7.39. The fourth-order valence-electron chi connectivity index (χ4n) is 8.43. The molecule has 9 nitrogen and oxygen atoms in total. The number of aromatic amines is 3. The molecule has 9 heteroatoms. The molecule has 10 aromatic rings. The van der Waals surface area contributed by atoms with Crippen molar-refractivity contribution in [2.24, 2.45) is 0 Å². The van der Waals surface area contributed by atoms with E-state index >= 15 is 0 Å². The number of nitrogens with one attached hydrogen (secondary N) is 6. The van der Waals surface area contributed by atoms with Crippen LogP contribution in [0.2, 0.25) is 0 Å². The molecule has 65 heavy (non-hydrogen) atoms. The molecule has 1 aliphatic carbocycles. The van der Waals surface area contributed by atoms with Gasteiger partial charge in [0.15, 0.2) is 17.5 Å². The quantitative estimate of drug-likeness (QED) is 0.0990. The highest BCUT2D eigenvalue weighted by atomic mass is 15.2. The second-order valence-corrected chi connectivity index (χ2v) is 16.2. The normalized spacial score (nSPS) is 11.3. The third-order valence-electron chi connectivity index (χ3n) is 11.6. The van der Waals surface area contributed by atoms with Crippen molar-refractivity contribution in [3.8, 4) is 0 Å². The lowest BCUT2D eigenvalue weighted by atomic mass is 9.89. The van der Waals surface area contributed by atoms with E-state index in [0.717, 1.165) is 61.5 Å².